The normalized spacial score (nSPS) is 16.2. The van der Waals surface area contributed by atoms with Crippen LogP contribution in [0.3, 0.4) is 0 Å². The van der Waals surface area contributed by atoms with Gasteiger partial charge in [0.1, 0.15) is 0 Å². The summed E-state index contributed by atoms with van der Waals surface area (Å²) in [6.07, 6.45) is 16.2. The molecule has 0 fully saturated rings. The fraction of sp³-hybridized carbons (Fsp3) is 0.167. The first-order valence-corrected chi connectivity index (χ1v) is 14.0. The van der Waals surface area contributed by atoms with Crippen LogP contribution in [-0.2, 0) is 20.3 Å². The Morgan fingerprint density at radius 3 is 1.32 bits per heavy atom. The third-order valence-electron chi connectivity index (χ3n) is 5.48. The van der Waals surface area contributed by atoms with E-state index in [1.807, 2.05) is 0 Å². The Kier molecular flexibility index (Phi) is 4.61. The van der Waals surface area contributed by atoms with Crippen LogP contribution in [0.1, 0.15) is 24.0 Å². The monoisotopic (exact) mass is 402 g/mol. The molecule has 124 valence electrons. The van der Waals surface area contributed by atoms with Crippen molar-refractivity contribution in [3.63, 3.8) is 0 Å². The van der Waals surface area contributed by atoms with Crippen molar-refractivity contribution in [2.45, 2.75) is 26.7 Å². The van der Waals surface area contributed by atoms with Crippen molar-refractivity contribution in [3.05, 3.63) is 103 Å². The summed E-state index contributed by atoms with van der Waals surface area (Å²) in [5.41, 5.74) is 2.68. The summed E-state index contributed by atoms with van der Waals surface area (Å²) in [4.78, 5) is 0. The average molecular weight is 404 g/mol. The van der Waals surface area contributed by atoms with Gasteiger partial charge in [0.05, 0.1) is 0 Å². The van der Waals surface area contributed by atoms with E-state index in [0.29, 0.717) is 0 Å². The Hall–Kier alpha value is -1.72. The second-order valence-electron chi connectivity index (χ2n) is 7.13. The van der Waals surface area contributed by atoms with Crippen LogP contribution in [0.5, 0.6) is 0 Å². The summed E-state index contributed by atoms with van der Waals surface area (Å²) in [6, 6.07) is 18.8. The molecule has 0 saturated heterocycles. The zero-order valence-corrected chi connectivity index (χ0v) is 17.5. The van der Waals surface area contributed by atoms with E-state index in [0.717, 1.165) is 12.8 Å². The number of hydrogen-bond acceptors (Lipinski definition) is 0. The molecule has 0 unspecified atom stereocenters. The van der Waals surface area contributed by atoms with Crippen LogP contribution < -0.4 is 6.54 Å². The van der Waals surface area contributed by atoms with Gasteiger partial charge in [-0.15, -0.1) is 0 Å². The molecule has 2 aliphatic carbocycles. The van der Waals surface area contributed by atoms with Crippen molar-refractivity contribution in [2.24, 2.45) is 0 Å². The Balaban J connectivity index is 2.00. The van der Waals surface area contributed by atoms with Crippen LogP contribution in [0.2, 0.25) is 0 Å². The van der Waals surface area contributed by atoms with E-state index in [1.165, 1.54) is 11.1 Å². The van der Waals surface area contributed by atoms with E-state index in [-0.39, 0.29) is 0 Å². The van der Waals surface area contributed by atoms with E-state index in [1.54, 1.807) is 13.1 Å². The molecule has 2 aromatic carbocycles. The average Bonchev–Trinajstić information content (AvgIpc) is 3.33. The van der Waals surface area contributed by atoms with Crippen LogP contribution >= 0.6 is 0 Å². The fourth-order valence-electron chi connectivity index (χ4n) is 4.17. The molecule has 0 amide bonds. The third-order valence-corrected chi connectivity index (χ3v) is 17.9. The maximum atomic E-state index is 2.41. The van der Waals surface area contributed by atoms with Crippen LogP contribution in [-0.4, -0.2) is 0 Å². The Morgan fingerprint density at radius 2 is 1.00 bits per heavy atom. The molecule has 0 nitrogen and oxygen atoms in total. The molecule has 4 rings (SSSR count). The summed E-state index contributed by atoms with van der Waals surface area (Å²) >= 11 is -3.13. The minimum absolute atomic E-state index is 1.11. The Morgan fingerprint density at radius 1 is 0.600 bits per heavy atom. The van der Waals surface area contributed by atoms with Gasteiger partial charge in [0.15, 0.2) is 0 Å². The first kappa shape index (κ1) is 16.7. The van der Waals surface area contributed by atoms with Crippen LogP contribution in [0.25, 0.3) is 0 Å². The second-order valence-corrected chi connectivity index (χ2v) is 16.8. The summed E-state index contributed by atoms with van der Waals surface area (Å²) in [5, 5.41) is 0. The van der Waals surface area contributed by atoms with Gasteiger partial charge in [-0.3, -0.25) is 0 Å². The van der Waals surface area contributed by atoms with Gasteiger partial charge in [-0.1, -0.05) is 0 Å². The van der Waals surface area contributed by atoms with Crippen molar-refractivity contribution in [2.75, 3.05) is 0 Å². The quantitative estimate of drug-likeness (QED) is 0.666. The Bertz CT molecular complexity index is 813. The van der Waals surface area contributed by atoms with Gasteiger partial charge < -0.3 is 0 Å². The van der Waals surface area contributed by atoms with Crippen molar-refractivity contribution >= 4 is 6.54 Å². The number of allylic oxidation sites excluding steroid dienone is 8. The first-order chi connectivity index (χ1) is 12.2. The summed E-state index contributed by atoms with van der Waals surface area (Å²) in [7, 11) is 0. The SMILES string of the molecule is Cc1cc[c]([Zr]([C]2=CC=CC2)([C]2=CC=CC2)[c]2ccc(C)cc2)cc1. The van der Waals surface area contributed by atoms with E-state index in [2.05, 4.69) is 98.8 Å². The molecule has 0 saturated carbocycles. The van der Waals surface area contributed by atoms with Gasteiger partial charge in [0.2, 0.25) is 0 Å². The van der Waals surface area contributed by atoms with Crippen molar-refractivity contribution < 1.29 is 20.3 Å². The third kappa shape index (κ3) is 2.89. The Labute approximate surface area is 155 Å². The van der Waals surface area contributed by atoms with Crippen LogP contribution in [0.15, 0.2) is 91.5 Å². The van der Waals surface area contributed by atoms with E-state index in [4.69, 9.17) is 0 Å². The van der Waals surface area contributed by atoms with E-state index >= 15 is 0 Å². The van der Waals surface area contributed by atoms with E-state index in [9.17, 15) is 0 Å². The molecular formula is C24H24Zr. The zero-order chi connectivity index (χ0) is 17.3. The number of aryl methyl sites for hydroxylation is 2. The molecule has 0 radical (unpaired) electrons. The molecule has 25 heavy (non-hydrogen) atoms. The molecule has 0 aliphatic heterocycles. The van der Waals surface area contributed by atoms with Gasteiger partial charge in [-0.05, 0) is 0 Å². The van der Waals surface area contributed by atoms with Gasteiger partial charge in [0, 0.05) is 0 Å². The summed E-state index contributed by atoms with van der Waals surface area (Å²) in [6.45, 7) is 4.36. The molecular weight excluding hydrogens is 379 g/mol. The molecule has 2 aliphatic rings. The topological polar surface area (TPSA) is 0 Å². The molecule has 0 spiro atoms. The minimum atomic E-state index is -3.13. The van der Waals surface area contributed by atoms with E-state index < -0.39 is 20.3 Å². The zero-order valence-electron chi connectivity index (χ0n) is 15.0. The van der Waals surface area contributed by atoms with Crippen LogP contribution in [0, 0.1) is 13.8 Å². The second kappa shape index (κ2) is 6.89. The summed E-state index contributed by atoms with van der Waals surface area (Å²) in [5.74, 6) is 0. The molecule has 1 heteroatoms. The molecule has 0 aromatic heterocycles. The molecule has 0 atom stereocenters. The molecule has 0 N–H and O–H groups in total. The molecule has 0 bridgehead atoms. The number of benzene rings is 2. The van der Waals surface area contributed by atoms with Crippen molar-refractivity contribution in [3.8, 4) is 0 Å². The van der Waals surface area contributed by atoms with Gasteiger partial charge >= 0.3 is 156 Å². The summed E-state index contributed by atoms with van der Waals surface area (Å²) < 4.78 is 6.51. The number of hydrogen-bond donors (Lipinski definition) is 0. The van der Waals surface area contributed by atoms with Gasteiger partial charge in [0.25, 0.3) is 0 Å². The van der Waals surface area contributed by atoms with Crippen molar-refractivity contribution in [1.82, 2.24) is 0 Å². The van der Waals surface area contributed by atoms with Gasteiger partial charge in [-0.2, -0.15) is 0 Å². The standard InChI is InChI=1S/2C7H7.2C5H5.Zr/c2*1-7-5-3-2-4-6-7;2*1-2-4-5-3-1;/h2*3-6H,1H3;2*1-3H,4H2;. The molecule has 0 heterocycles. The maximum absolute atomic E-state index is 3.13. The number of rotatable bonds is 4. The van der Waals surface area contributed by atoms with Crippen LogP contribution in [0.4, 0.5) is 0 Å². The predicted molar refractivity (Wildman–Crippen MR) is 105 cm³/mol. The molecule has 2 aromatic rings. The predicted octanol–water partition coefficient (Wildman–Crippen LogP) is 5.10. The fourth-order valence-corrected chi connectivity index (χ4v) is 16.7. The van der Waals surface area contributed by atoms with Gasteiger partial charge in [-0.25, -0.2) is 0 Å². The van der Waals surface area contributed by atoms with Crippen molar-refractivity contribution in [1.29, 1.82) is 0 Å². The first-order valence-electron chi connectivity index (χ1n) is 9.08.